The van der Waals surface area contributed by atoms with E-state index >= 15 is 0 Å². The van der Waals surface area contributed by atoms with Crippen LogP contribution < -0.4 is 5.73 Å². The molecule has 0 aromatic heterocycles. The van der Waals surface area contributed by atoms with Crippen LogP contribution in [-0.2, 0) is 0 Å². The van der Waals surface area contributed by atoms with E-state index < -0.39 is 0 Å². The van der Waals surface area contributed by atoms with Crippen LogP contribution in [0.1, 0.15) is 38.8 Å². The standard InChI is InChI=1S/C15H25BrN2O/c1-4-14(17)15(18(9-10-19)11(2)3)12-7-5-6-8-13(12)16/h5-8,11,14-15,19H,4,9-10,17H2,1-3H3. The van der Waals surface area contributed by atoms with E-state index in [1.54, 1.807) is 0 Å². The lowest BCUT2D eigenvalue weighted by Crippen LogP contribution is -2.45. The highest BCUT2D eigenvalue weighted by Crippen LogP contribution is 2.32. The smallest absolute Gasteiger partial charge is 0.0558 e. The summed E-state index contributed by atoms with van der Waals surface area (Å²) in [5, 5.41) is 9.31. The molecule has 0 spiro atoms. The van der Waals surface area contributed by atoms with Crippen LogP contribution in [0.4, 0.5) is 0 Å². The first-order valence-electron chi connectivity index (χ1n) is 6.89. The van der Waals surface area contributed by atoms with Crippen molar-refractivity contribution in [1.29, 1.82) is 0 Å². The van der Waals surface area contributed by atoms with Crippen LogP contribution in [0.5, 0.6) is 0 Å². The molecule has 3 nitrogen and oxygen atoms in total. The van der Waals surface area contributed by atoms with Gasteiger partial charge in [0.05, 0.1) is 12.6 Å². The van der Waals surface area contributed by atoms with Gasteiger partial charge in [0.2, 0.25) is 0 Å². The van der Waals surface area contributed by atoms with E-state index in [-0.39, 0.29) is 18.7 Å². The van der Waals surface area contributed by atoms with Crippen molar-refractivity contribution in [2.24, 2.45) is 5.73 Å². The monoisotopic (exact) mass is 328 g/mol. The Kier molecular flexibility index (Phi) is 7.00. The molecule has 3 N–H and O–H groups in total. The second-order valence-corrected chi connectivity index (χ2v) is 5.95. The SMILES string of the molecule is CCC(N)C(c1ccccc1Br)N(CCO)C(C)C. The molecule has 0 bridgehead atoms. The van der Waals surface area contributed by atoms with Crippen LogP contribution in [0.2, 0.25) is 0 Å². The normalized spacial score (nSPS) is 14.9. The van der Waals surface area contributed by atoms with E-state index in [1.165, 1.54) is 5.56 Å². The lowest BCUT2D eigenvalue weighted by molar-refractivity contribution is 0.101. The highest BCUT2D eigenvalue weighted by Gasteiger charge is 2.28. The van der Waals surface area contributed by atoms with Crippen molar-refractivity contribution in [3.05, 3.63) is 34.3 Å². The highest BCUT2D eigenvalue weighted by molar-refractivity contribution is 9.10. The van der Waals surface area contributed by atoms with Crippen LogP contribution in [-0.4, -0.2) is 35.2 Å². The van der Waals surface area contributed by atoms with Crippen molar-refractivity contribution in [1.82, 2.24) is 4.90 Å². The zero-order valence-corrected chi connectivity index (χ0v) is 13.6. The zero-order valence-electron chi connectivity index (χ0n) is 12.0. The fourth-order valence-electron chi connectivity index (χ4n) is 2.43. The maximum Gasteiger partial charge on any atom is 0.0558 e. The molecule has 0 heterocycles. The van der Waals surface area contributed by atoms with E-state index in [4.69, 9.17) is 5.73 Å². The Balaban J connectivity index is 3.17. The molecular weight excluding hydrogens is 304 g/mol. The summed E-state index contributed by atoms with van der Waals surface area (Å²) in [5.74, 6) is 0. The first-order chi connectivity index (χ1) is 9.02. The van der Waals surface area contributed by atoms with E-state index in [9.17, 15) is 5.11 Å². The molecule has 0 fully saturated rings. The van der Waals surface area contributed by atoms with E-state index in [0.29, 0.717) is 12.6 Å². The van der Waals surface area contributed by atoms with Gasteiger partial charge in [0.1, 0.15) is 0 Å². The summed E-state index contributed by atoms with van der Waals surface area (Å²) in [6.45, 7) is 7.17. The second-order valence-electron chi connectivity index (χ2n) is 5.09. The molecule has 0 aliphatic rings. The largest absolute Gasteiger partial charge is 0.395 e. The molecule has 1 aromatic rings. The Morgan fingerprint density at radius 2 is 1.95 bits per heavy atom. The van der Waals surface area contributed by atoms with Crippen molar-refractivity contribution in [2.75, 3.05) is 13.2 Å². The molecule has 19 heavy (non-hydrogen) atoms. The maximum atomic E-state index is 9.31. The fourth-order valence-corrected chi connectivity index (χ4v) is 2.95. The summed E-state index contributed by atoms with van der Waals surface area (Å²) in [7, 11) is 0. The first kappa shape index (κ1) is 16.6. The van der Waals surface area contributed by atoms with E-state index in [2.05, 4.69) is 47.7 Å². The maximum absolute atomic E-state index is 9.31. The van der Waals surface area contributed by atoms with Crippen molar-refractivity contribution in [3.8, 4) is 0 Å². The number of nitrogens with two attached hydrogens (primary N) is 1. The molecule has 2 atom stereocenters. The number of hydrogen-bond donors (Lipinski definition) is 2. The van der Waals surface area contributed by atoms with Crippen LogP contribution >= 0.6 is 15.9 Å². The van der Waals surface area contributed by atoms with Crippen LogP contribution in [0.15, 0.2) is 28.7 Å². The van der Waals surface area contributed by atoms with Gasteiger partial charge in [0.25, 0.3) is 0 Å². The van der Waals surface area contributed by atoms with Gasteiger partial charge < -0.3 is 10.8 Å². The molecule has 2 unspecified atom stereocenters. The van der Waals surface area contributed by atoms with Crippen LogP contribution in [0.25, 0.3) is 0 Å². The van der Waals surface area contributed by atoms with Gasteiger partial charge in [-0.15, -0.1) is 0 Å². The quantitative estimate of drug-likeness (QED) is 0.809. The molecule has 0 aliphatic heterocycles. The first-order valence-corrected chi connectivity index (χ1v) is 7.68. The minimum absolute atomic E-state index is 0.0487. The lowest BCUT2D eigenvalue weighted by Gasteiger charge is -2.38. The Morgan fingerprint density at radius 3 is 2.42 bits per heavy atom. The van der Waals surface area contributed by atoms with Gasteiger partial charge in [-0.1, -0.05) is 41.1 Å². The highest BCUT2D eigenvalue weighted by atomic mass is 79.9. The summed E-state index contributed by atoms with van der Waals surface area (Å²) >= 11 is 3.62. The molecule has 0 aliphatic carbocycles. The van der Waals surface area contributed by atoms with Gasteiger partial charge in [0, 0.05) is 23.1 Å². The second kappa shape index (κ2) is 8.00. The third-order valence-corrected chi connectivity index (χ3v) is 4.20. The molecule has 0 saturated carbocycles. The van der Waals surface area contributed by atoms with Crippen molar-refractivity contribution < 1.29 is 5.11 Å². The van der Waals surface area contributed by atoms with Gasteiger partial charge >= 0.3 is 0 Å². The molecule has 4 heteroatoms. The van der Waals surface area contributed by atoms with Crippen molar-refractivity contribution in [3.63, 3.8) is 0 Å². The third-order valence-electron chi connectivity index (χ3n) is 3.48. The molecule has 108 valence electrons. The Morgan fingerprint density at radius 1 is 1.32 bits per heavy atom. The third kappa shape index (κ3) is 4.28. The number of aliphatic hydroxyl groups is 1. The minimum atomic E-state index is 0.0487. The number of aliphatic hydroxyl groups excluding tert-OH is 1. The molecule has 0 radical (unpaired) electrons. The van der Waals surface area contributed by atoms with E-state index in [0.717, 1.165) is 10.9 Å². The van der Waals surface area contributed by atoms with Gasteiger partial charge in [0.15, 0.2) is 0 Å². The summed E-state index contributed by atoms with van der Waals surface area (Å²) in [6, 6.07) is 8.70. The topological polar surface area (TPSA) is 49.5 Å². The average molecular weight is 329 g/mol. The van der Waals surface area contributed by atoms with E-state index in [1.807, 2.05) is 18.2 Å². The number of benzene rings is 1. The summed E-state index contributed by atoms with van der Waals surface area (Å²) in [6.07, 6.45) is 0.903. The summed E-state index contributed by atoms with van der Waals surface area (Å²) < 4.78 is 1.08. The molecule has 0 saturated heterocycles. The molecule has 0 amide bonds. The minimum Gasteiger partial charge on any atom is -0.395 e. The summed E-state index contributed by atoms with van der Waals surface area (Å²) in [5.41, 5.74) is 7.54. The molecule has 1 aromatic carbocycles. The van der Waals surface area contributed by atoms with Crippen LogP contribution in [0, 0.1) is 0 Å². The van der Waals surface area contributed by atoms with Gasteiger partial charge in [-0.2, -0.15) is 0 Å². The number of rotatable bonds is 7. The van der Waals surface area contributed by atoms with Crippen molar-refractivity contribution in [2.45, 2.75) is 45.3 Å². The predicted molar refractivity (Wildman–Crippen MR) is 84.1 cm³/mol. The van der Waals surface area contributed by atoms with Gasteiger partial charge in [-0.25, -0.2) is 0 Å². The summed E-state index contributed by atoms with van der Waals surface area (Å²) in [4.78, 5) is 2.27. The molecule has 1 rings (SSSR count). The Bertz CT molecular complexity index is 384. The van der Waals surface area contributed by atoms with Crippen LogP contribution in [0.3, 0.4) is 0 Å². The average Bonchev–Trinajstić information content (AvgIpc) is 2.39. The van der Waals surface area contributed by atoms with Crippen molar-refractivity contribution >= 4 is 15.9 Å². The lowest BCUT2D eigenvalue weighted by atomic mass is 9.95. The van der Waals surface area contributed by atoms with Gasteiger partial charge in [-0.05, 0) is 31.9 Å². The van der Waals surface area contributed by atoms with Gasteiger partial charge in [-0.3, -0.25) is 4.90 Å². The molecular formula is C15H25BrN2O. The predicted octanol–water partition coefficient (Wildman–Crippen LogP) is 2.93. The number of nitrogens with zero attached hydrogens (tertiary/aromatic N) is 1. The zero-order chi connectivity index (χ0) is 14.4. The Labute approximate surface area is 124 Å². The Hall–Kier alpha value is -0.420. The number of halogens is 1. The number of hydrogen-bond acceptors (Lipinski definition) is 3. The fraction of sp³-hybridized carbons (Fsp3) is 0.600.